The Morgan fingerprint density at radius 3 is 2.65 bits per heavy atom. The molecule has 4 nitrogen and oxygen atoms in total. The number of rotatable bonds is 4. The van der Waals surface area contributed by atoms with Crippen molar-refractivity contribution in [3.63, 3.8) is 0 Å². The van der Waals surface area contributed by atoms with Gasteiger partial charge in [0, 0.05) is 26.2 Å². The molecule has 0 fully saturated rings. The second-order valence-electron chi connectivity index (χ2n) is 4.72. The van der Waals surface area contributed by atoms with E-state index in [0.29, 0.717) is 12.1 Å². The van der Waals surface area contributed by atoms with Crippen molar-refractivity contribution in [1.82, 2.24) is 9.80 Å². The third-order valence-electron chi connectivity index (χ3n) is 2.72. The summed E-state index contributed by atoms with van der Waals surface area (Å²) in [5.41, 5.74) is 1.35. The van der Waals surface area contributed by atoms with Crippen LogP contribution in [0.5, 0.6) is 0 Å². The molecule has 1 aromatic carbocycles. The van der Waals surface area contributed by atoms with E-state index < -0.39 is 0 Å². The number of carbonyl (C=O) groups excluding carboxylic acids is 1. The Morgan fingerprint density at radius 2 is 2.05 bits per heavy atom. The van der Waals surface area contributed by atoms with Gasteiger partial charge >= 0.3 is 0 Å². The normalized spacial score (nSPS) is 10.1. The molecule has 1 aromatic rings. The van der Waals surface area contributed by atoms with E-state index in [1.807, 2.05) is 11.9 Å². The lowest BCUT2D eigenvalue weighted by Crippen LogP contribution is -2.34. The first-order chi connectivity index (χ1) is 9.43. The van der Waals surface area contributed by atoms with Crippen LogP contribution in [0.25, 0.3) is 0 Å². The van der Waals surface area contributed by atoms with Gasteiger partial charge in [-0.3, -0.25) is 9.69 Å². The lowest BCUT2D eigenvalue weighted by atomic mass is 10.1. The first-order valence-electron chi connectivity index (χ1n) is 6.21. The molecule has 0 aliphatic heterocycles. The number of carbonyl (C=O) groups is 1. The van der Waals surface area contributed by atoms with Crippen molar-refractivity contribution >= 4 is 5.91 Å². The van der Waals surface area contributed by atoms with Crippen molar-refractivity contribution in [2.24, 2.45) is 0 Å². The minimum Gasteiger partial charge on any atom is -0.384 e. The van der Waals surface area contributed by atoms with Crippen LogP contribution < -0.4 is 0 Å². The van der Waals surface area contributed by atoms with E-state index in [-0.39, 0.29) is 24.9 Å². The summed E-state index contributed by atoms with van der Waals surface area (Å²) >= 11 is 0. The van der Waals surface area contributed by atoms with Crippen molar-refractivity contribution in [3.05, 3.63) is 35.1 Å². The highest BCUT2D eigenvalue weighted by Gasteiger charge is 2.10. The largest absolute Gasteiger partial charge is 0.384 e. The van der Waals surface area contributed by atoms with Gasteiger partial charge in [-0.05, 0) is 24.7 Å². The van der Waals surface area contributed by atoms with Gasteiger partial charge in [0.2, 0.25) is 5.91 Å². The molecule has 20 heavy (non-hydrogen) atoms. The van der Waals surface area contributed by atoms with Crippen LogP contribution in [-0.2, 0) is 11.3 Å². The van der Waals surface area contributed by atoms with Gasteiger partial charge in [-0.15, -0.1) is 0 Å². The van der Waals surface area contributed by atoms with Crippen LogP contribution in [0.2, 0.25) is 0 Å². The van der Waals surface area contributed by atoms with E-state index in [4.69, 9.17) is 5.11 Å². The number of amides is 1. The summed E-state index contributed by atoms with van der Waals surface area (Å²) < 4.78 is 13.2. The summed E-state index contributed by atoms with van der Waals surface area (Å²) in [6.07, 6.45) is 0. The van der Waals surface area contributed by atoms with E-state index in [1.54, 1.807) is 20.2 Å². The zero-order chi connectivity index (χ0) is 15.1. The van der Waals surface area contributed by atoms with E-state index in [9.17, 15) is 9.18 Å². The lowest BCUT2D eigenvalue weighted by molar-refractivity contribution is -0.129. The highest BCUT2D eigenvalue weighted by Crippen LogP contribution is 2.12. The number of halogens is 1. The van der Waals surface area contributed by atoms with Gasteiger partial charge in [-0.25, -0.2) is 4.39 Å². The van der Waals surface area contributed by atoms with Crippen molar-refractivity contribution in [2.45, 2.75) is 6.54 Å². The van der Waals surface area contributed by atoms with Gasteiger partial charge in [0.05, 0.1) is 6.54 Å². The van der Waals surface area contributed by atoms with E-state index in [2.05, 4.69) is 11.8 Å². The fourth-order valence-electron chi connectivity index (χ4n) is 1.66. The van der Waals surface area contributed by atoms with Crippen LogP contribution in [0, 0.1) is 17.7 Å². The summed E-state index contributed by atoms with van der Waals surface area (Å²) in [6.45, 7) is 0.484. The summed E-state index contributed by atoms with van der Waals surface area (Å²) in [6, 6.07) is 4.34. The number of benzene rings is 1. The second kappa shape index (κ2) is 7.63. The Balaban J connectivity index is 2.83. The summed E-state index contributed by atoms with van der Waals surface area (Å²) in [5.74, 6) is 4.86. The number of likely N-dealkylation sites (N-methyl/N-ethyl adjacent to an activating group) is 2. The molecule has 0 saturated carbocycles. The lowest BCUT2D eigenvalue weighted by Gasteiger charge is -2.19. The molecule has 0 radical (unpaired) electrons. The molecule has 0 aliphatic rings. The summed E-state index contributed by atoms with van der Waals surface area (Å²) in [7, 11) is 5.21. The molecule has 1 rings (SSSR count). The van der Waals surface area contributed by atoms with Gasteiger partial charge in [0.15, 0.2) is 0 Å². The first kappa shape index (κ1) is 16.2. The maximum absolute atomic E-state index is 13.2. The maximum atomic E-state index is 13.2. The molecule has 1 amide bonds. The second-order valence-corrected chi connectivity index (χ2v) is 4.72. The Morgan fingerprint density at radius 1 is 1.35 bits per heavy atom. The fraction of sp³-hybridized carbons (Fsp3) is 0.400. The molecule has 0 unspecified atom stereocenters. The molecule has 0 aliphatic carbocycles. The molecule has 0 atom stereocenters. The van der Waals surface area contributed by atoms with Crippen LogP contribution in [0.1, 0.15) is 11.1 Å². The molecule has 108 valence electrons. The average molecular weight is 278 g/mol. The Kier molecular flexibility index (Phi) is 6.16. The van der Waals surface area contributed by atoms with Crippen LogP contribution in [0.15, 0.2) is 18.2 Å². The Hall–Kier alpha value is -1.90. The van der Waals surface area contributed by atoms with Gasteiger partial charge in [-0.2, -0.15) is 0 Å². The van der Waals surface area contributed by atoms with Crippen LogP contribution in [0.4, 0.5) is 4.39 Å². The summed E-state index contributed by atoms with van der Waals surface area (Å²) in [5, 5.41) is 8.72. The number of aliphatic hydroxyl groups is 1. The number of nitrogens with zero attached hydrogens (tertiary/aromatic N) is 2. The third-order valence-corrected chi connectivity index (χ3v) is 2.72. The van der Waals surface area contributed by atoms with Crippen LogP contribution in [-0.4, -0.2) is 55.1 Å². The van der Waals surface area contributed by atoms with Gasteiger partial charge in [0.25, 0.3) is 0 Å². The Labute approximate surface area is 118 Å². The fourth-order valence-corrected chi connectivity index (χ4v) is 1.66. The standard InChI is InChI=1S/C15H19FN2O2/c1-17(2)15(20)11-18(3)10-13-6-7-14(16)9-12(13)5-4-8-19/h6-7,9,19H,8,10-11H2,1-3H3. The average Bonchev–Trinajstić information content (AvgIpc) is 2.38. The molecule has 5 heteroatoms. The van der Waals surface area contributed by atoms with Crippen LogP contribution in [0.3, 0.4) is 0 Å². The molecule has 1 N–H and O–H groups in total. The highest BCUT2D eigenvalue weighted by atomic mass is 19.1. The van der Waals surface area contributed by atoms with Gasteiger partial charge in [-0.1, -0.05) is 17.9 Å². The monoisotopic (exact) mass is 278 g/mol. The smallest absolute Gasteiger partial charge is 0.236 e. The quantitative estimate of drug-likeness (QED) is 0.824. The molecule has 0 saturated heterocycles. The minimum atomic E-state index is -0.372. The van der Waals surface area contributed by atoms with Crippen molar-refractivity contribution in [1.29, 1.82) is 0 Å². The molecule has 0 heterocycles. The van der Waals surface area contributed by atoms with Gasteiger partial charge < -0.3 is 10.0 Å². The molecule has 0 aromatic heterocycles. The van der Waals surface area contributed by atoms with E-state index >= 15 is 0 Å². The summed E-state index contributed by atoms with van der Waals surface area (Å²) in [4.78, 5) is 15.0. The van der Waals surface area contributed by atoms with Gasteiger partial charge in [0.1, 0.15) is 12.4 Å². The molecular weight excluding hydrogens is 259 g/mol. The number of aliphatic hydroxyl groups excluding tert-OH is 1. The number of hydrogen-bond acceptors (Lipinski definition) is 3. The first-order valence-corrected chi connectivity index (χ1v) is 6.21. The zero-order valence-corrected chi connectivity index (χ0v) is 12.0. The highest BCUT2D eigenvalue weighted by molar-refractivity contribution is 5.77. The van der Waals surface area contributed by atoms with Crippen LogP contribution >= 0.6 is 0 Å². The third kappa shape index (κ3) is 5.00. The maximum Gasteiger partial charge on any atom is 0.236 e. The van der Waals surface area contributed by atoms with E-state index in [0.717, 1.165) is 5.56 Å². The van der Waals surface area contributed by atoms with Crippen molar-refractivity contribution in [3.8, 4) is 11.8 Å². The zero-order valence-electron chi connectivity index (χ0n) is 12.0. The predicted molar refractivity (Wildman–Crippen MR) is 75.4 cm³/mol. The molecule has 0 spiro atoms. The Bertz CT molecular complexity index is 532. The topological polar surface area (TPSA) is 43.8 Å². The predicted octanol–water partition coefficient (Wildman–Crippen LogP) is 0.689. The number of hydrogen-bond donors (Lipinski definition) is 1. The van der Waals surface area contributed by atoms with E-state index in [1.165, 1.54) is 17.0 Å². The molecular formula is C15H19FN2O2. The SMILES string of the molecule is CN(CC(=O)N(C)C)Cc1ccc(F)cc1C#CCO. The molecule has 0 bridgehead atoms. The van der Waals surface area contributed by atoms with Crippen molar-refractivity contribution in [2.75, 3.05) is 34.3 Å². The minimum absolute atomic E-state index is 0.00222. The van der Waals surface area contributed by atoms with Crippen molar-refractivity contribution < 1.29 is 14.3 Å².